The van der Waals surface area contributed by atoms with Crippen LogP contribution in [0.1, 0.15) is 15.9 Å². The van der Waals surface area contributed by atoms with E-state index in [1.54, 1.807) is 19.2 Å². The summed E-state index contributed by atoms with van der Waals surface area (Å²) in [5, 5.41) is 0. The first-order valence-electron chi connectivity index (χ1n) is 6.12. The molecule has 19 heavy (non-hydrogen) atoms. The standard InChI is InChI=1S/C14H14O5/c1-17-9-3-4-10(18-2)12-8(9)5-7-6-19-14(16)11(7)13(12)15/h3-4,7,11H,5-6H2,1-2H3. The zero-order valence-corrected chi connectivity index (χ0v) is 10.8. The smallest absolute Gasteiger partial charge is 0.317 e. The molecule has 0 amide bonds. The van der Waals surface area contributed by atoms with Crippen molar-refractivity contribution in [2.75, 3.05) is 20.8 Å². The number of rotatable bonds is 2. The molecule has 0 saturated carbocycles. The minimum atomic E-state index is -0.687. The lowest BCUT2D eigenvalue weighted by molar-refractivity contribution is -0.140. The van der Waals surface area contributed by atoms with Crippen LogP contribution in [-0.4, -0.2) is 32.6 Å². The normalized spacial score (nSPS) is 24.5. The number of carbonyl (C=O) groups is 2. The van der Waals surface area contributed by atoms with E-state index in [9.17, 15) is 9.59 Å². The van der Waals surface area contributed by atoms with Crippen molar-refractivity contribution in [1.29, 1.82) is 0 Å². The molecule has 0 spiro atoms. The number of fused-ring (bicyclic) bond motifs is 2. The van der Waals surface area contributed by atoms with Crippen LogP contribution in [-0.2, 0) is 16.0 Å². The Hall–Kier alpha value is -2.04. The number of carbonyl (C=O) groups excluding carboxylic acids is 2. The third-order valence-corrected chi connectivity index (χ3v) is 3.83. The highest BCUT2D eigenvalue weighted by Gasteiger charge is 2.48. The Labute approximate surface area is 110 Å². The average Bonchev–Trinajstić information content (AvgIpc) is 2.79. The lowest BCUT2D eigenvalue weighted by atomic mass is 9.76. The fraction of sp³-hybridized carbons (Fsp3) is 0.429. The molecule has 0 aromatic heterocycles. The summed E-state index contributed by atoms with van der Waals surface area (Å²) < 4.78 is 15.5. The Balaban J connectivity index is 2.18. The van der Waals surface area contributed by atoms with Crippen LogP contribution in [0, 0.1) is 11.8 Å². The molecule has 5 heteroatoms. The molecule has 1 fully saturated rings. The predicted molar refractivity (Wildman–Crippen MR) is 65.5 cm³/mol. The van der Waals surface area contributed by atoms with Crippen molar-refractivity contribution in [3.05, 3.63) is 23.3 Å². The Bertz CT molecular complexity index is 563. The zero-order valence-electron chi connectivity index (χ0n) is 10.8. The van der Waals surface area contributed by atoms with Crippen molar-refractivity contribution in [3.8, 4) is 11.5 Å². The van der Waals surface area contributed by atoms with Gasteiger partial charge in [0.2, 0.25) is 0 Å². The van der Waals surface area contributed by atoms with Gasteiger partial charge in [0.05, 0.1) is 26.4 Å². The van der Waals surface area contributed by atoms with E-state index in [0.717, 1.165) is 5.56 Å². The van der Waals surface area contributed by atoms with Gasteiger partial charge in [0.25, 0.3) is 0 Å². The van der Waals surface area contributed by atoms with Gasteiger partial charge in [0.1, 0.15) is 17.4 Å². The summed E-state index contributed by atoms with van der Waals surface area (Å²) in [4.78, 5) is 24.2. The van der Waals surface area contributed by atoms with Crippen molar-refractivity contribution >= 4 is 11.8 Å². The maximum Gasteiger partial charge on any atom is 0.317 e. The maximum absolute atomic E-state index is 12.5. The number of methoxy groups -OCH3 is 2. The van der Waals surface area contributed by atoms with E-state index >= 15 is 0 Å². The summed E-state index contributed by atoms with van der Waals surface area (Å²) in [5.74, 6) is -0.280. The molecule has 1 heterocycles. The van der Waals surface area contributed by atoms with Crippen LogP contribution in [0.25, 0.3) is 0 Å². The topological polar surface area (TPSA) is 61.8 Å². The Morgan fingerprint density at radius 1 is 1.16 bits per heavy atom. The molecule has 1 saturated heterocycles. The average molecular weight is 262 g/mol. The van der Waals surface area contributed by atoms with Crippen molar-refractivity contribution in [2.45, 2.75) is 6.42 Å². The molecule has 3 rings (SSSR count). The van der Waals surface area contributed by atoms with Gasteiger partial charge < -0.3 is 14.2 Å². The largest absolute Gasteiger partial charge is 0.496 e. The van der Waals surface area contributed by atoms with Gasteiger partial charge in [-0.1, -0.05) is 0 Å². The number of benzene rings is 1. The highest BCUT2D eigenvalue weighted by Crippen LogP contribution is 2.42. The van der Waals surface area contributed by atoms with E-state index in [2.05, 4.69) is 0 Å². The van der Waals surface area contributed by atoms with Crippen molar-refractivity contribution in [3.63, 3.8) is 0 Å². The fourth-order valence-corrected chi connectivity index (χ4v) is 2.92. The molecule has 5 nitrogen and oxygen atoms in total. The lowest BCUT2D eigenvalue weighted by Gasteiger charge is -2.26. The summed E-state index contributed by atoms with van der Waals surface area (Å²) in [7, 11) is 3.07. The highest BCUT2D eigenvalue weighted by molar-refractivity contribution is 6.13. The number of Topliss-reactive ketones (excluding diaryl/α,β-unsaturated/α-hetero) is 1. The van der Waals surface area contributed by atoms with E-state index in [4.69, 9.17) is 14.2 Å². The quantitative estimate of drug-likeness (QED) is 0.592. The number of ketones is 1. The number of hydrogen-bond acceptors (Lipinski definition) is 5. The van der Waals surface area contributed by atoms with Crippen LogP contribution in [0.2, 0.25) is 0 Å². The van der Waals surface area contributed by atoms with Crippen molar-refractivity contribution in [1.82, 2.24) is 0 Å². The van der Waals surface area contributed by atoms with Crippen molar-refractivity contribution in [2.24, 2.45) is 11.8 Å². The molecule has 0 radical (unpaired) electrons. The monoisotopic (exact) mass is 262 g/mol. The van der Waals surface area contributed by atoms with E-state index in [-0.39, 0.29) is 11.7 Å². The summed E-state index contributed by atoms with van der Waals surface area (Å²) in [6.45, 7) is 0.301. The summed E-state index contributed by atoms with van der Waals surface area (Å²) >= 11 is 0. The molecule has 2 atom stereocenters. The van der Waals surface area contributed by atoms with Crippen LogP contribution in [0.3, 0.4) is 0 Å². The maximum atomic E-state index is 12.5. The minimum Gasteiger partial charge on any atom is -0.496 e. The van der Waals surface area contributed by atoms with Crippen LogP contribution in [0.15, 0.2) is 12.1 Å². The van der Waals surface area contributed by atoms with Gasteiger partial charge in [0.15, 0.2) is 5.78 Å². The van der Waals surface area contributed by atoms with Gasteiger partial charge in [-0.05, 0) is 18.6 Å². The summed E-state index contributed by atoms with van der Waals surface area (Å²) in [6, 6.07) is 3.47. The first-order valence-corrected chi connectivity index (χ1v) is 6.12. The second-order valence-electron chi connectivity index (χ2n) is 4.76. The second-order valence-corrected chi connectivity index (χ2v) is 4.76. The summed E-state index contributed by atoms with van der Waals surface area (Å²) in [6.07, 6.45) is 0.595. The molecule has 2 aliphatic rings. The molecule has 1 aromatic rings. The van der Waals surface area contributed by atoms with Crippen LogP contribution in [0.5, 0.6) is 11.5 Å². The number of hydrogen-bond donors (Lipinski definition) is 0. The van der Waals surface area contributed by atoms with E-state index < -0.39 is 11.9 Å². The SMILES string of the molecule is COc1ccc(OC)c2c1CC1COC(=O)C1C2=O. The number of cyclic esters (lactones) is 1. The molecule has 2 unspecified atom stereocenters. The fourth-order valence-electron chi connectivity index (χ4n) is 2.92. The second kappa shape index (κ2) is 4.26. The predicted octanol–water partition coefficient (Wildman–Crippen LogP) is 1.23. The van der Waals surface area contributed by atoms with Gasteiger partial charge >= 0.3 is 5.97 Å². The molecule has 1 aliphatic carbocycles. The molecule has 1 aliphatic heterocycles. The van der Waals surface area contributed by atoms with Crippen LogP contribution >= 0.6 is 0 Å². The van der Waals surface area contributed by atoms with Gasteiger partial charge in [-0.25, -0.2) is 0 Å². The van der Waals surface area contributed by atoms with Crippen LogP contribution in [0.4, 0.5) is 0 Å². The third-order valence-electron chi connectivity index (χ3n) is 3.83. The molecule has 100 valence electrons. The van der Waals surface area contributed by atoms with Gasteiger partial charge in [-0.2, -0.15) is 0 Å². The lowest BCUT2D eigenvalue weighted by Crippen LogP contribution is -2.33. The Kier molecular flexibility index (Phi) is 2.69. The zero-order chi connectivity index (χ0) is 13.6. The van der Waals surface area contributed by atoms with Crippen LogP contribution < -0.4 is 9.47 Å². The molecule has 0 N–H and O–H groups in total. The van der Waals surface area contributed by atoms with Gasteiger partial charge in [-0.15, -0.1) is 0 Å². The minimum absolute atomic E-state index is 0.0893. The number of ether oxygens (including phenoxy) is 3. The van der Waals surface area contributed by atoms with Crippen molar-refractivity contribution < 1.29 is 23.8 Å². The number of esters is 1. The van der Waals surface area contributed by atoms with E-state index in [1.165, 1.54) is 7.11 Å². The molecule has 1 aromatic carbocycles. The Morgan fingerprint density at radius 3 is 2.53 bits per heavy atom. The summed E-state index contributed by atoms with van der Waals surface area (Å²) in [5.41, 5.74) is 1.27. The van der Waals surface area contributed by atoms with E-state index in [0.29, 0.717) is 30.1 Å². The first kappa shape index (κ1) is 12.0. The van der Waals surface area contributed by atoms with Gasteiger partial charge in [-0.3, -0.25) is 9.59 Å². The van der Waals surface area contributed by atoms with E-state index in [1.807, 2.05) is 0 Å². The van der Waals surface area contributed by atoms with Gasteiger partial charge in [0, 0.05) is 11.5 Å². The highest BCUT2D eigenvalue weighted by atomic mass is 16.5. The molecular formula is C14H14O5. The third kappa shape index (κ3) is 1.61. The Morgan fingerprint density at radius 2 is 1.84 bits per heavy atom. The molecule has 0 bridgehead atoms. The first-order chi connectivity index (χ1) is 9.17. The molecular weight excluding hydrogens is 248 g/mol.